The maximum Gasteiger partial charge on any atom is 0.120 e. The Balaban J connectivity index is 0. The second kappa shape index (κ2) is 13.3. The standard InChI is InChI=1S/C8H19B.K/c1-3-5-6-8-9-7-4-2;/h9H,3-8H2,1-2H3;. The van der Waals surface area contributed by atoms with Crippen molar-refractivity contribution in [3.63, 3.8) is 0 Å². The first kappa shape index (κ1) is 14.2. The zero-order valence-electron chi connectivity index (χ0n) is 7.95. The van der Waals surface area contributed by atoms with Crippen molar-refractivity contribution in [2.75, 3.05) is 0 Å². The quantitative estimate of drug-likeness (QED) is 0.419. The Morgan fingerprint density at radius 2 is 1.60 bits per heavy atom. The zero-order valence-corrected chi connectivity index (χ0v) is 11.1. The van der Waals surface area contributed by atoms with E-state index in [1.807, 2.05) is 0 Å². The molecule has 2 heteroatoms. The molecule has 0 aromatic carbocycles. The third-order valence-corrected chi connectivity index (χ3v) is 1.71. The summed E-state index contributed by atoms with van der Waals surface area (Å²) >= 11 is 0. The van der Waals surface area contributed by atoms with Gasteiger partial charge in [-0.25, -0.2) is 0 Å². The molecule has 0 nitrogen and oxygen atoms in total. The molecule has 0 heterocycles. The molecule has 0 fully saturated rings. The van der Waals surface area contributed by atoms with Crippen LogP contribution in [0.5, 0.6) is 0 Å². The number of hydrogen-bond acceptors (Lipinski definition) is 0. The van der Waals surface area contributed by atoms with E-state index in [0.29, 0.717) is 0 Å². The summed E-state index contributed by atoms with van der Waals surface area (Å²) in [6, 6.07) is 0. The minimum atomic E-state index is 0. The van der Waals surface area contributed by atoms with E-state index in [2.05, 4.69) is 13.8 Å². The van der Waals surface area contributed by atoms with Gasteiger partial charge in [0.05, 0.1) is 0 Å². The van der Waals surface area contributed by atoms with Crippen molar-refractivity contribution in [3.05, 3.63) is 0 Å². The summed E-state index contributed by atoms with van der Waals surface area (Å²) in [4.78, 5) is 0. The Kier molecular flexibility index (Phi) is 18.9. The van der Waals surface area contributed by atoms with Crippen LogP contribution in [0.25, 0.3) is 0 Å². The molecule has 0 saturated heterocycles. The summed E-state index contributed by atoms with van der Waals surface area (Å²) in [6.45, 7) is 4.53. The summed E-state index contributed by atoms with van der Waals surface area (Å²) < 4.78 is 0. The van der Waals surface area contributed by atoms with Crippen molar-refractivity contribution in [3.8, 4) is 0 Å². The van der Waals surface area contributed by atoms with Gasteiger partial charge in [0.15, 0.2) is 0 Å². The van der Waals surface area contributed by atoms with Crippen LogP contribution in [0.1, 0.15) is 39.5 Å². The number of rotatable bonds is 6. The van der Waals surface area contributed by atoms with Crippen LogP contribution in [0.4, 0.5) is 0 Å². The first-order chi connectivity index (χ1) is 4.41. The molecular weight excluding hydrogens is 146 g/mol. The predicted molar refractivity (Wildman–Crippen MR) is 52.3 cm³/mol. The summed E-state index contributed by atoms with van der Waals surface area (Å²) in [5, 5.41) is 0. The molecule has 55 valence electrons. The van der Waals surface area contributed by atoms with Crippen LogP contribution < -0.4 is 0 Å². The fraction of sp³-hybridized carbons (Fsp3) is 1.00. The van der Waals surface area contributed by atoms with Crippen molar-refractivity contribution in [1.82, 2.24) is 0 Å². The average molecular weight is 165 g/mol. The van der Waals surface area contributed by atoms with E-state index in [1.165, 1.54) is 45.6 Å². The van der Waals surface area contributed by atoms with Gasteiger partial charge in [-0.05, 0) is 0 Å². The van der Waals surface area contributed by atoms with Gasteiger partial charge in [0, 0.05) is 51.4 Å². The molecule has 0 bridgehead atoms. The minimum absolute atomic E-state index is 0. The molecule has 0 spiro atoms. The molecule has 0 N–H and O–H groups in total. The molecule has 0 rings (SSSR count). The van der Waals surface area contributed by atoms with Crippen LogP contribution in [0.2, 0.25) is 12.6 Å². The molecule has 0 unspecified atom stereocenters. The van der Waals surface area contributed by atoms with E-state index in [4.69, 9.17) is 0 Å². The first-order valence-corrected chi connectivity index (χ1v) is 4.41. The molecule has 1 radical (unpaired) electrons. The Labute approximate surface area is 109 Å². The van der Waals surface area contributed by atoms with Crippen LogP contribution >= 0.6 is 0 Å². The Morgan fingerprint density at radius 1 is 0.900 bits per heavy atom. The van der Waals surface area contributed by atoms with Gasteiger partial charge in [0.25, 0.3) is 0 Å². The molecule has 0 aliphatic carbocycles. The van der Waals surface area contributed by atoms with Crippen molar-refractivity contribution in [2.24, 2.45) is 0 Å². The molecular formula is C8H19BK. The predicted octanol–water partition coefficient (Wildman–Crippen LogP) is 2.48. The molecule has 0 atom stereocenters. The largest absolute Gasteiger partial charge is 0.120 e. The molecule has 0 amide bonds. The topological polar surface area (TPSA) is 0 Å². The third kappa shape index (κ3) is 12.4. The van der Waals surface area contributed by atoms with Crippen LogP contribution in [-0.4, -0.2) is 58.7 Å². The van der Waals surface area contributed by atoms with E-state index < -0.39 is 0 Å². The maximum atomic E-state index is 2.26. The Hall–Kier alpha value is 1.70. The average Bonchev–Trinajstić information content (AvgIpc) is 1.89. The van der Waals surface area contributed by atoms with Gasteiger partial charge in [-0.2, -0.15) is 0 Å². The summed E-state index contributed by atoms with van der Waals surface area (Å²) in [6.07, 6.45) is 8.52. The normalized spacial score (nSPS) is 8.60. The van der Waals surface area contributed by atoms with Crippen LogP contribution in [0.15, 0.2) is 0 Å². The van der Waals surface area contributed by atoms with Gasteiger partial charge in [-0.3, -0.25) is 0 Å². The molecule has 0 aromatic rings. The smallest absolute Gasteiger partial charge is 0.0777 e. The summed E-state index contributed by atoms with van der Waals surface area (Å²) in [5.74, 6) is 0. The third-order valence-electron chi connectivity index (χ3n) is 1.71. The maximum absolute atomic E-state index is 2.26. The van der Waals surface area contributed by atoms with E-state index in [9.17, 15) is 0 Å². The van der Waals surface area contributed by atoms with Crippen molar-refractivity contribution in [2.45, 2.75) is 52.2 Å². The van der Waals surface area contributed by atoms with Gasteiger partial charge in [-0.1, -0.05) is 52.2 Å². The van der Waals surface area contributed by atoms with E-state index in [0.717, 1.165) is 0 Å². The van der Waals surface area contributed by atoms with Gasteiger partial charge in [-0.15, -0.1) is 0 Å². The first-order valence-electron chi connectivity index (χ1n) is 4.41. The van der Waals surface area contributed by atoms with Gasteiger partial charge in [0.1, 0.15) is 7.28 Å². The fourth-order valence-corrected chi connectivity index (χ4v) is 1.03. The molecule has 0 aliphatic heterocycles. The molecule has 10 heavy (non-hydrogen) atoms. The Bertz CT molecular complexity index is 42.5. The van der Waals surface area contributed by atoms with Crippen molar-refractivity contribution < 1.29 is 0 Å². The van der Waals surface area contributed by atoms with Gasteiger partial charge >= 0.3 is 0 Å². The second-order valence-electron chi connectivity index (χ2n) is 2.77. The molecule has 0 saturated carbocycles. The zero-order chi connectivity index (χ0) is 6.95. The number of unbranched alkanes of at least 4 members (excludes halogenated alkanes) is 2. The second-order valence-corrected chi connectivity index (χ2v) is 2.77. The van der Waals surface area contributed by atoms with Crippen LogP contribution in [0, 0.1) is 0 Å². The molecule has 0 aromatic heterocycles. The van der Waals surface area contributed by atoms with Crippen LogP contribution in [0.3, 0.4) is 0 Å². The van der Waals surface area contributed by atoms with Crippen LogP contribution in [-0.2, 0) is 0 Å². The SMILES string of the molecule is CCCBCCCCC.[K]. The summed E-state index contributed by atoms with van der Waals surface area (Å²) in [5.41, 5.74) is 0. The number of hydrogen-bond donors (Lipinski definition) is 0. The monoisotopic (exact) mass is 165 g/mol. The van der Waals surface area contributed by atoms with Crippen molar-refractivity contribution in [1.29, 1.82) is 0 Å². The molecule has 0 aliphatic rings. The van der Waals surface area contributed by atoms with Gasteiger partial charge in [0.2, 0.25) is 0 Å². The fourth-order valence-electron chi connectivity index (χ4n) is 1.03. The Morgan fingerprint density at radius 3 is 2.10 bits per heavy atom. The minimum Gasteiger partial charge on any atom is -0.0777 e. The van der Waals surface area contributed by atoms with E-state index >= 15 is 0 Å². The van der Waals surface area contributed by atoms with E-state index in [-0.39, 0.29) is 51.4 Å². The summed E-state index contributed by atoms with van der Waals surface area (Å²) in [7, 11) is 1.45. The van der Waals surface area contributed by atoms with Gasteiger partial charge < -0.3 is 0 Å². The van der Waals surface area contributed by atoms with Crippen molar-refractivity contribution >= 4 is 58.7 Å². The van der Waals surface area contributed by atoms with E-state index in [1.54, 1.807) is 0 Å².